The molecule has 4 aliphatic rings. The summed E-state index contributed by atoms with van der Waals surface area (Å²) in [7, 11) is 0. The fraction of sp³-hybridized carbons (Fsp3) is 0.519. The monoisotopic (exact) mass is 481 g/mol. The number of carbonyl (C=O) groups excluding carboxylic acids is 3. The maximum absolute atomic E-state index is 13.6. The minimum absolute atomic E-state index is 0.0694. The first-order valence-electron chi connectivity index (χ1n) is 12.3. The van der Waals surface area contributed by atoms with E-state index in [4.69, 9.17) is 0 Å². The van der Waals surface area contributed by atoms with Crippen molar-refractivity contribution in [2.75, 3.05) is 13.1 Å². The maximum Gasteiger partial charge on any atom is 0.202 e. The lowest BCUT2D eigenvalue weighted by Crippen LogP contribution is -2.57. The van der Waals surface area contributed by atoms with Gasteiger partial charge in [-0.1, -0.05) is 6.07 Å². The summed E-state index contributed by atoms with van der Waals surface area (Å²) in [6.45, 7) is 5.34. The molecule has 1 heterocycles. The number of rotatable bonds is 4. The van der Waals surface area contributed by atoms with Crippen molar-refractivity contribution in [2.24, 2.45) is 11.8 Å². The lowest BCUT2D eigenvalue weighted by molar-refractivity contribution is -0.147. The van der Waals surface area contributed by atoms with Crippen LogP contribution in [0.25, 0.3) is 5.76 Å². The number of aliphatic hydroxyl groups excluding tert-OH is 2. The highest BCUT2D eigenvalue weighted by atomic mass is 16.3. The predicted octanol–water partition coefficient (Wildman–Crippen LogP) is 2.55. The van der Waals surface area contributed by atoms with E-state index in [0.717, 1.165) is 37.6 Å². The summed E-state index contributed by atoms with van der Waals surface area (Å²) in [5, 5.41) is 44.0. The molecule has 0 aromatic heterocycles. The van der Waals surface area contributed by atoms with Crippen LogP contribution in [0, 0.1) is 11.8 Å². The van der Waals surface area contributed by atoms with E-state index >= 15 is 0 Å². The molecular formula is C27H31NO7. The van der Waals surface area contributed by atoms with Crippen LogP contribution in [0.5, 0.6) is 5.75 Å². The van der Waals surface area contributed by atoms with Crippen LogP contribution < -0.4 is 0 Å². The Morgan fingerprint density at radius 3 is 2.49 bits per heavy atom. The van der Waals surface area contributed by atoms with Crippen molar-refractivity contribution in [1.82, 2.24) is 4.90 Å². The molecule has 1 saturated heterocycles. The summed E-state index contributed by atoms with van der Waals surface area (Å²) in [6, 6.07) is 3.65. The van der Waals surface area contributed by atoms with Crippen LogP contribution in [0.2, 0.25) is 0 Å². The Kier molecular flexibility index (Phi) is 5.64. The molecule has 3 aliphatic carbocycles. The molecule has 1 saturated carbocycles. The summed E-state index contributed by atoms with van der Waals surface area (Å²) in [4.78, 5) is 40.5. The second kappa shape index (κ2) is 8.31. The van der Waals surface area contributed by atoms with Crippen molar-refractivity contribution in [1.29, 1.82) is 0 Å². The lowest BCUT2D eigenvalue weighted by atomic mass is 9.59. The second-order valence-electron chi connectivity index (χ2n) is 10.5. The van der Waals surface area contributed by atoms with Crippen LogP contribution in [0.15, 0.2) is 29.0 Å². The second-order valence-corrected chi connectivity index (χ2v) is 10.5. The molecule has 186 valence electrons. The molecule has 1 unspecified atom stereocenters. The Morgan fingerprint density at radius 1 is 1.14 bits per heavy atom. The molecule has 0 bridgehead atoms. The van der Waals surface area contributed by atoms with E-state index in [1.165, 1.54) is 18.9 Å². The lowest BCUT2D eigenvalue weighted by Gasteiger charge is -2.46. The number of likely N-dealkylation sites (tertiary alicyclic amines) is 1. The molecule has 35 heavy (non-hydrogen) atoms. The SMILES string of the molecule is CC(=O)C1=C(O)[C@@]2(O)C(=O)C3=C(O)c4c(O)ccc(CC(C)N5CCCC5)c4C[C@H]3C[C@H]2CC1=O. The normalized spacial score (nSPS) is 29.7. The number of allylic oxidation sites excluding steroid dienone is 1. The molecule has 0 amide bonds. The highest BCUT2D eigenvalue weighted by Crippen LogP contribution is 2.52. The molecule has 8 heteroatoms. The van der Waals surface area contributed by atoms with E-state index in [2.05, 4.69) is 11.8 Å². The smallest absolute Gasteiger partial charge is 0.202 e. The minimum atomic E-state index is -2.45. The van der Waals surface area contributed by atoms with Gasteiger partial charge in [0.15, 0.2) is 17.2 Å². The van der Waals surface area contributed by atoms with Gasteiger partial charge >= 0.3 is 0 Å². The summed E-state index contributed by atoms with van der Waals surface area (Å²) < 4.78 is 0. The van der Waals surface area contributed by atoms with E-state index < -0.39 is 51.9 Å². The number of aliphatic hydroxyl groups is 3. The number of carbonyl (C=O) groups is 3. The van der Waals surface area contributed by atoms with Crippen LogP contribution >= 0.6 is 0 Å². The molecule has 1 aliphatic heterocycles. The van der Waals surface area contributed by atoms with Gasteiger partial charge in [-0.3, -0.25) is 14.4 Å². The molecule has 1 aromatic rings. The van der Waals surface area contributed by atoms with Crippen LogP contribution in [0.3, 0.4) is 0 Å². The van der Waals surface area contributed by atoms with Gasteiger partial charge in [0.2, 0.25) is 5.78 Å². The number of Topliss-reactive ketones (excluding diaryl/α,β-unsaturated/α-hetero) is 3. The number of ketones is 3. The molecule has 4 atom stereocenters. The molecular weight excluding hydrogens is 450 g/mol. The van der Waals surface area contributed by atoms with Gasteiger partial charge in [-0.05, 0) is 82.2 Å². The topological polar surface area (TPSA) is 135 Å². The minimum Gasteiger partial charge on any atom is -0.508 e. The predicted molar refractivity (Wildman–Crippen MR) is 127 cm³/mol. The molecule has 0 radical (unpaired) electrons. The first-order valence-corrected chi connectivity index (χ1v) is 12.3. The zero-order valence-electron chi connectivity index (χ0n) is 20.0. The standard InChI is InChI=1S/C27H31NO7/c1-13(28-7-3-4-8-28)9-15-5-6-19(30)23-18(15)11-16-10-17-12-20(31)21(14(2)29)25(33)27(17,35)26(34)22(16)24(23)32/h5-6,13,16-17,30,32-33,35H,3-4,7-12H2,1-2H3/t13?,16-,17+,27-/m1/s1. The van der Waals surface area contributed by atoms with Crippen LogP contribution in [0.1, 0.15) is 56.2 Å². The van der Waals surface area contributed by atoms with Gasteiger partial charge in [0, 0.05) is 24.0 Å². The number of nitrogens with zero attached hydrogens (tertiary/aromatic N) is 1. The Hall–Kier alpha value is -2.97. The van der Waals surface area contributed by atoms with Gasteiger partial charge in [-0.15, -0.1) is 0 Å². The third-order valence-electron chi connectivity index (χ3n) is 8.43. The highest BCUT2D eigenvalue weighted by Gasteiger charge is 2.60. The van der Waals surface area contributed by atoms with E-state index in [1.807, 2.05) is 6.07 Å². The van der Waals surface area contributed by atoms with Crippen molar-refractivity contribution in [3.05, 3.63) is 45.7 Å². The third kappa shape index (κ3) is 3.45. The number of hydrogen-bond acceptors (Lipinski definition) is 8. The van der Waals surface area contributed by atoms with Crippen molar-refractivity contribution < 1.29 is 34.8 Å². The first-order chi connectivity index (χ1) is 16.6. The number of benzene rings is 1. The number of hydrogen-bond donors (Lipinski definition) is 4. The highest BCUT2D eigenvalue weighted by molar-refractivity contribution is 6.23. The summed E-state index contributed by atoms with van der Waals surface area (Å²) >= 11 is 0. The fourth-order valence-electron chi connectivity index (χ4n) is 6.62. The van der Waals surface area contributed by atoms with Crippen molar-refractivity contribution >= 4 is 23.1 Å². The van der Waals surface area contributed by atoms with E-state index in [9.17, 15) is 34.8 Å². The molecule has 0 spiro atoms. The Bertz CT molecular complexity index is 1210. The van der Waals surface area contributed by atoms with E-state index in [0.29, 0.717) is 6.42 Å². The van der Waals surface area contributed by atoms with E-state index in [-0.39, 0.29) is 35.8 Å². The Balaban J connectivity index is 1.59. The average molecular weight is 482 g/mol. The van der Waals surface area contributed by atoms with Gasteiger partial charge in [0.1, 0.15) is 22.8 Å². The Morgan fingerprint density at radius 2 is 1.83 bits per heavy atom. The van der Waals surface area contributed by atoms with Crippen LogP contribution in [-0.4, -0.2) is 67.4 Å². The maximum atomic E-state index is 13.6. The number of aromatic hydroxyl groups is 1. The quantitative estimate of drug-likeness (QED) is 0.482. The fourth-order valence-corrected chi connectivity index (χ4v) is 6.62. The van der Waals surface area contributed by atoms with Crippen molar-refractivity contribution in [3.8, 4) is 5.75 Å². The third-order valence-corrected chi connectivity index (χ3v) is 8.43. The first kappa shape index (κ1) is 23.8. The summed E-state index contributed by atoms with van der Waals surface area (Å²) in [6.07, 6.45) is 3.37. The Labute approximate surface area is 203 Å². The average Bonchev–Trinajstić information content (AvgIpc) is 3.33. The van der Waals surface area contributed by atoms with Gasteiger partial charge in [0.05, 0.1) is 5.56 Å². The van der Waals surface area contributed by atoms with Gasteiger partial charge in [-0.2, -0.15) is 0 Å². The zero-order valence-corrected chi connectivity index (χ0v) is 20.0. The number of phenolic OH excluding ortho intramolecular Hbond substituents is 1. The molecule has 5 rings (SSSR count). The summed E-state index contributed by atoms with van der Waals surface area (Å²) in [5.74, 6) is -5.13. The van der Waals surface area contributed by atoms with Gasteiger partial charge < -0.3 is 25.3 Å². The van der Waals surface area contributed by atoms with Crippen LogP contribution in [0.4, 0.5) is 0 Å². The van der Waals surface area contributed by atoms with Crippen LogP contribution in [-0.2, 0) is 27.2 Å². The number of fused-ring (bicyclic) bond motifs is 3. The zero-order chi connectivity index (χ0) is 25.2. The molecule has 8 nitrogen and oxygen atoms in total. The largest absolute Gasteiger partial charge is 0.508 e. The molecule has 1 aromatic carbocycles. The van der Waals surface area contributed by atoms with Crippen molar-refractivity contribution in [3.63, 3.8) is 0 Å². The number of phenols is 1. The van der Waals surface area contributed by atoms with Gasteiger partial charge in [-0.25, -0.2) is 0 Å². The molecule has 4 N–H and O–H groups in total. The van der Waals surface area contributed by atoms with Crippen molar-refractivity contribution in [2.45, 2.75) is 64.0 Å². The van der Waals surface area contributed by atoms with E-state index in [1.54, 1.807) is 0 Å². The molecule has 2 fully saturated rings. The summed E-state index contributed by atoms with van der Waals surface area (Å²) in [5.41, 5.74) is -1.15. The van der Waals surface area contributed by atoms with Gasteiger partial charge in [0.25, 0.3) is 0 Å².